The Morgan fingerprint density at radius 1 is 1.43 bits per heavy atom. The summed E-state index contributed by atoms with van der Waals surface area (Å²) in [6.07, 6.45) is 7.96. The molecule has 1 aromatic rings. The van der Waals surface area contributed by atoms with Gasteiger partial charge in [-0.2, -0.15) is 0 Å². The summed E-state index contributed by atoms with van der Waals surface area (Å²) in [6, 6.07) is 0. The van der Waals surface area contributed by atoms with Crippen molar-refractivity contribution in [2.24, 2.45) is 5.92 Å². The first kappa shape index (κ1) is 17.1. The number of amides is 1. The second-order valence-electron chi connectivity index (χ2n) is 5.88. The number of hydrogen-bond donors (Lipinski definition) is 2. The zero-order valence-corrected chi connectivity index (χ0v) is 13.7. The predicted molar refractivity (Wildman–Crippen MR) is 90.5 cm³/mol. The van der Waals surface area contributed by atoms with E-state index in [9.17, 15) is 14.4 Å². The Balaban J connectivity index is 2.37. The van der Waals surface area contributed by atoms with Crippen molar-refractivity contribution in [1.29, 1.82) is 0 Å². The minimum atomic E-state index is -0.623. The number of rotatable bonds is 5. The third-order valence-corrected chi connectivity index (χ3v) is 4.23. The number of carbonyl (C=O) groups is 1. The van der Waals surface area contributed by atoms with Gasteiger partial charge in [0.25, 0.3) is 5.56 Å². The quantitative estimate of drug-likeness (QED) is 0.797. The molecule has 0 radical (unpaired) electrons. The van der Waals surface area contributed by atoms with E-state index in [-0.39, 0.29) is 23.3 Å². The fraction of sp³-hybridized carbons (Fsp3) is 0.562. The van der Waals surface area contributed by atoms with Crippen LogP contribution in [0.15, 0.2) is 21.7 Å². The van der Waals surface area contributed by atoms with Gasteiger partial charge in [0.05, 0.1) is 0 Å². The van der Waals surface area contributed by atoms with Crippen LogP contribution in [0.5, 0.6) is 0 Å². The number of aromatic amines is 1. The molecule has 0 spiro atoms. The van der Waals surface area contributed by atoms with Crippen molar-refractivity contribution in [2.45, 2.75) is 45.6 Å². The standard InChI is InChI=1S/C16H24N4O3/c1-3-4-10-20-13(17)12(14(21)18-16(20)23)19(2)15(22)11-8-6-5-7-9-11/h5-6,11H,3-4,7-10,17H2,1-2H3,(H,18,21,23)/t11-/m1/s1. The number of hydrogen-bond acceptors (Lipinski definition) is 4. The maximum absolute atomic E-state index is 12.6. The summed E-state index contributed by atoms with van der Waals surface area (Å²) in [5, 5.41) is 0. The molecule has 1 aromatic heterocycles. The number of carbonyl (C=O) groups excluding carboxylic acids is 1. The molecule has 0 aromatic carbocycles. The zero-order valence-electron chi connectivity index (χ0n) is 13.7. The van der Waals surface area contributed by atoms with Gasteiger partial charge >= 0.3 is 5.69 Å². The lowest BCUT2D eigenvalue weighted by Gasteiger charge is -2.25. The third kappa shape index (κ3) is 3.55. The number of anilines is 2. The first-order valence-corrected chi connectivity index (χ1v) is 8.02. The zero-order chi connectivity index (χ0) is 17.0. The molecule has 7 heteroatoms. The summed E-state index contributed by atoms with van der Waals surface area (Å²) in [5.41, 5.74) is 4.93. The van der Waals surface area contributed by atoms with Crippen LogP contribution in [0, 0.1) is 5.92 Å². The SMILES string of the molecule is CCCCn1c(N)c(N(C)C(=O)[C@@H]2CC=CCC2)c(=O)[nH]c1=O. The molecule has 0 unspecified atom stereocenters. The number of unbranched alkanes of at least 4 members (excludes halogenated alkanes) is 1. The molecule has 23 heavy (non-hydrogen) atoms. The average Bonchev–Trinajstić information content (AvgIpc) is 2.54. The minimum Gasteiger partial charge on any atom is -0.383 e. The number of H-pyrrole nitrogens is 1. The van der Waals surface area contributed by atoms with Crippen LogP contribution in [0.25, 0.3) is 0 Å². The highest BCUT2D eigenvalue weighted by atomic mass is 16.2. The topological polar surface area (TPSA) is 101 Å². The molecule has 0 fully saturated rings. The molecule has 1 aliphatic rings. The molecule has 126 valence electrons. The summed E-state index contributed by atoms with van der Waals surface area (Å²) >= 11 is 0. The Hall–Kier alpha value is -2.31. The lowest BCUT2D eigenvalue weighted by molar-refractivity contribution is -0.122. The first-order chi connectivity index (χ1) is 11.0. The van der Waals surface area contributed by atoms with Gasteiger partial charge in [0, 0.05) is 19.5 Å². The monoisotopic (exact) mass is 320 g/mol. The highest BCUT2D eigenvalue weighted by Gasteiger charge is 2.27. The number of nitrogens with one attached hydrogen (secondary N) is 1. The van der Waals surface area contributed by atoms with Gasteiger partial charge in [-0.15, -0.1) is 0 Å². The molecule has 0 saturated heterocycles. The van der Waals surface area contributed by atoms with Crippen molar-refractivity contribution in [2.75, 3.05) is 17.7 Å². The van der Waals surface area contributed by atoms with Gasteiger partial charge in [0.2, 0.25) is 5.91 Å². The molecule has 0 aliphatic heterocycles. The molecular weight excluding hydrogens is 296 g/mol. The Labute approximate surface area is 134 Å². The Morgan fingerprint density at radius 3 is 2.78 bits per heavy atom. The van der Waals surface area contributed by atoms with Crippen molar-refractivity contribution in [3.63, 3.8) is 0 Å². The summed E-state index contributed by atoms with van der Waals surface area (Å²) in [5.74, 6) is -0.249. The van der Waals surface area contributed by atoms with E-state index in [1.165, 1.54) is 16.5 Å². The predicted octanol–water partition coefficient (Wildman–Crippen LogP) is 1.24. The summed E-state index contributed by atoms with van der Waals surface area (Å²) < 4.78 is 1.32. The van der Waals surface area contributed by atoms with Crippen molar-refractivity contribution >= 4 is 17.4 Å². The molecule has 1 aliphatic carbocycles. The van der Waals surface area contributed by atoms with Crippen LogP contribution in [-0.2, 0) is 11.3 Å². The lowest BCUT2D eigenvalue weighted by atomic mass is 9.93. The van der Waals surface area contributed by atoms with Crippen molar-refractivity contribution in [3.8, 4) is 0 Å². The number of allylic oxidation sites excluding steroid dienone is 2. The first-order valence-electron chi connectivity index (χ1n) is 8.02. The van der Waals surface area contributed by atoms with Gasteiger partial charge in [-0.3, -0.25) is 19.1 Å². The number of nitrogen functional groups attached to an aromatic ring is 1. The molecule has 0 bridgehead atoms. The smallest absolute Gasteiger partial charge is 0.330 e. The van der Waals surface area contributed by atoms with Crippen LogP contribution in [0.1, 0.15) is 39.0 Å². The molecule has 1 heterocycles. The highest BCUT2D eigenvalue weighted by molar-refractivity contribution is 5.96. The van der Waals surface area contributed by atoms with E-state index in [0.717, 1.165) is 25.7 Å². The average molecular weight is 320 g/mol. The lowest BCUT2D eigenvalue weighted by Crippen LogP contribution is -2.41. The van der Waals surface area contributed by atoms with E-state index in [2.05, 4.69) is 11.1 Å². The van der Waals surface area contributed by atoms with Gasteiger partial charge in [-0.05, 0) is 25.7 Å². The summed E-state index contributed by atoms with van der Waals surface area (Å²) in [7, 11) is 1.54. The Bertz CT molecular complexity index is 717. The molecule has 0 saturated carbocycles. The van der Waals surface area contributed by atoms with Gasteiger partial charge in [-0.1, -0.05) is 25.5 Å². The maximum atomic E-state index is 12.6. The van der Waals surface area contributed by atoms with Crippen molar-refractivity contribution in [1.82, 2.24) is 9.55 Å². The number of nitrogens with two attached hydrogens (primary N) is 1. The second kappa shape index (κ2) is 7.30. The fourth-order valence-electron chi connectivity index (χ4n) is 2.84. The van der Waals surface area contributed by atoms with E-state index >= 15 is 0 Å². The number of aromatic nitrogens is 2. The maximum Gasteiger partial charge on any atom is 0.330 e. The van der Waals surface area contributed by atoms with E-state index in [1.54, 1.807) is 0 Å². The van der Waals surface area contributed by atoms with Crippen molar-refractivity contribution < 1.29 is 4.79 Å². The van der Waals surface area contributed by atoms with Crippen LogP contribution in [-0.4, -0.2) is 22.5 Å². The Kier molecular flexibility index (Phi) is 5.41. The minimum absolute atomic E-state index is 0.0504. The third-order valence-electron chi connectivity index (χ3n) is 4.23. The number of nitrogens with zero attached hydrogens (tertiary/aromatic N) is 2. The largest absolute Gasteiger partial charge is 0.383 e. The highest BCUT2D eigenvalue weighted by Crippen LogP contribution is 2.24. The molecular formula is C16H24N4O3. The van der Waals surface area contributed by atoms with Gasteiger partial charge in [0.1, 0.15) is 5.82 Å². The molecule has 1 atom stereocenters. The van der Waals surface area contributed by atoms with Crippen molar-refractivity contribution in [3.05, 3.63) is 33.0 Å². The van der Waals surface area contributed by atoms with Crippen LogP contribution in [0.3, 0.4) is 0 Å². The molecule has 1 amide bonds. The summed E-state index contributed by atoms with van der Waals surface area (Å²) in [6.45, 7) is 2.42. The molecule has 3 N–H and O–H groups in total. The van der Waals surface area contributed by atoms with Crippen LogP contribution in [0.2, 0.25) is 0 Å². The van der Waals surface area contributed by atoms with Crippen LogP contribution >= 0.6 is 0 Å². The Morgan fingerprint density at radius 2 is 2.17 bits per heavy atom. The summed E-state index contributed by atoms with van der Waals surface area (Å²) in [4.78, 5) is 40.2. The second-order valence-corrected chi connectivity index (χ2v) is 5.88. The van der Waals surface area contributed by atoms with Gasteiger partial charge < -0.3 is 10.6 Å². The van der Waals surface area contributed by atoms with Gasteiger partial charge in [0.15, 0.2) is 5.69 Å². The molecule has 2 rings (SSSR count). The van der Waals surface area contributed by atoms with E-state index in [1.807, 2.05) is 13.0 Å². The van der Waals surface area contributed by atoms with E-state index < -0.39 is 11.2 Å². The van der Waals surface area contributed by atoms with E-state index in [4.69, 9.17) is 5.73 Å². The van der Waals surface area contributed by atoms with Crippen LogP contribution < -0.4 is 21.9 Å². The normalized spacial score (nSPS) is 17.2. The molecule has 7 nitrogen and oxygen atoms in total. The van der Waals surface area contributed by atoms with E-state index in [0.29, 0.717) is 13.0 Å². The fourth-order valence-corrected chi connectivity index (χ4v) is 2.84. The van der Waals surface area contributed by atoms with Gasteiger partial charge in [-0.25, -0.2) is 4.79 Å². The van der Waals surface area contributed by atoms with Crippen LogP contribution in [0.4, 0.5) is 11.5 Å².